The van der Waals surface area contributed by atoms with Crippen molar-refractivity contribution in [3.8, 4) is 0 Å². The molecule has 0 aliphatic carbocycles. The van der Waals surface area contributed by atoms with E-state index in [0.29, 0.717) is 6.04 Å². The summed E-state index contributed by atoms with van der Waals surface area (Å²) in [7, 11) is 1.75. The van der Waals surface area contributed by atoms with E-state index >= 15 is 0 Å². The smallest absolute Gasteiger partial charge is 0.110 e. The maximum Gasteiger partial charge on any atom is 0.110 e. The van der Waals surface area contributed by atoms with Gasteiger partial charge in [-0.15, -0.1) is 11.3 Å². The summed E-state index contributed by atoms with van der Waals surface area (Å²) in [6.07, 6.45) is 1.30. The van der Waals surface area contributed by atoms with Gasteiger partial charge in [-0.2, -0.15) is 11.8 Å². The number of hydrogen-bond acceptors (Lipinski definition) is 5. The molecule has 18 heavy (non-hydrogen) atoms. The minimum atomic E-state index is 0.410. The highest BCUT2D eigenvalue weighted by Crippen LogP contribution is 2.36. The maximum absolute atomic E-state index is 5.13. The second-order valence-electron chi connectivity index (χ2n) is 4.74. The first kappa shape index (κ1) is 14.3. The Morgan fingerprint density at radius 1 is 1.50 bits per heavy atom. The predicted molar refractivity (Wildman–Crippen MR) is 79.6 cm³/mol. The Balaban J connectivity index is 2.07. The van der Waals surface area contributed by atoms with Crippen molar-refractivity contribution < 1.29 is 4.74 Å². The van der Waals surface area contributed by atoms with E-state index in [0.717, 1.165) is 19.1 Å². The predicted octanol–water partition coefficient (Wildman–Crippen LogP) is 2.79. The van der Waals surface area contributed by atoms with Crippen LogP contribution in [-0.4, -0.2) is 36.8 Å². The van der Waals surface area contributed by atoms with E-state index in [1.54, 1.807) is 7.11 Å². The first-order valence-corrected chi connectivity index (χ1v) is 8.43. The average Bonchev–Trinajstić information content (AvgIpc) is 2.96. The van der Waals surface area contributed by atoms with E-state index in [9.17, 15) is 0 Å². The lowest BCUT2D eigenvalue weighted by Gasteiger charge is -2.22. The van der Waals surface area contributed by atoms with Crippen LogP contribution in [0.25, 0.3) is 0 Å². The van der Waals surface area contributed by atoms with Crippen LogP contribution < -0.4 is 5.32 Å². The highest BCUT2D eigenvalue weighted by molar-refractivity contribution is 7.99. The van der Waals surface area contributed by atoms with Gasteiger partial charge in [-0.05, 0) is 37.7 Å². The zero-order chi connectivity index (χ0) is 13.0. The van der Waals surface area contributed by atoms with Gasteiger partial charge in [0.2, 0.25) is 0 Å². The van der Waals surface area contributed by atoms with Gasteiger partial charge in [0, 0.05) is 18.5 Å². The molecular weight excluding hydrogens is 264 g/mol. The van der Waals surface area contributed by atoms with Gasteiger partial charge in [-0.25, -0.2) is 4.98 Å². The Morgan fingerprint density at radius 3 is 2.89 bits per heavy atom. The molecule has 5 heteroatoms. The van der Waals surface area contributed by atoms with E-state index < -0.39 is 0 Å². The zero-order valence-corrected chi connectivity index (χ0v) is 13.0. The molecule has 0 bridgehead atoms. The van der Waals surface area contributed by atoms with Gasteiger partial charge >= 0.3 is 0 Å². The lowest BCUT2D eigenvalue weighted by Crippen LogP contribution is -2.31. The SMILES string of the molecule is COCCNC(c1nc(C)c(C)s1)C1CCSC1. The van der Waals surface area contributed by atoms with Crippen LogP contribution in [0.1, 0.15) is 28.0 Å². The van der Waals surface area contributed by atoms with Crippen molar-refractivity contribution in [2.24, 2.45) is 5.92 Å². The van der Waals surface area contributed by atoms with Gasteiger partial charge in [0.15, 0.2) is 0 Å². The number of aromatic nitrogens is 1. The Labute approximate surface area is 118 Å². The molecule has 1 aromatic rings. The minimum Gasteiger partial charge on any atom is -0.383 e. The van der Waals surface area contributed by atoms with Gasteiger partial charge in [0.05, 0.1) is 18.3 Å². The molecule has 0 radical (unpaired) electrons. The fraction of sp³-hybridized carbons (Fsp3) is 0.769. The Morgan fingerprint density at radius 2 is 2.33 bits per heavy atom. The molecule has 0 saturated carbocycles. The third-order valence-electron chi connectivity index (χ3n) is 3.42. The molecule has 2 heterocycles. The number of rotatable bonds is 6. The quantitative estimate of drug-likeness (QED) is 0.816. The second-order valence-corrected chi connectivity index (χ2v) is 7.13. The van der Waals surface area contributed by atoms with Crippen LogP contribution >= 0.6 is 23.1 Å². The lowest BCUT2D eigenvalue weighted by atomic mass is 10.00. The van der Waals surface area contributed by atoms with E-state index in [-0.39, 0.29) is 0 Å². The maximum atomic E-state index is 5.13. The molecule has 1 saturated heterocycles. The minimum absolute atomic E-state index is 0.410. The summed E-state index contributed by atoms with van der Waals surface area (Å²) in [5, 5.41) is 4.89. The van der Waals surface area contributed by atoms with E-state index in [1.807, 2.05) is 11.3 Å². The molecular formula is C13H22N2OS2. The summed E-state index contributed by atoms with van der Waals surface area (Å²) in [6.45, 7) is 5.93. The van der Waals surface area contributed by atoms with Crippen LogP contribution in [0.2, 0.25) is 0 Å². The summed E-state index contributed by atoms with van der Waals surface area (Å²) < 4.78 is 5.13. The van der Waals surface area contributed by atoms with E-state index in [2.05, 4.69) is 30.9 Å². The number of nitrogens with zero attached hydrogens (tertiary/aromatic N) is 1. The third kappa shape index (κ3) is 3.47. The van der Waals surface area contributed by atoms with Crippen molar-refractivity contribution in [1.29, 1.82) is 0 Å². The van der Waals surface area contributed by atoms with Crippen molar-refractivity contribution in [3.63, 3.8) is 0 Å². The van der Waals surface area contributed by atoms with Crippen LogP contribution in [-0.2, 0) is 4.74 Å². The highest BCUT2D eigenvalue weighted by Gasteiger charge is 2.28. The summed E-state index contributed by atoms with van der Waals surface area (Å²) in [5.74, 6) is 3.26. The Bertz CT molecular complexity index is 356. The van der Waals surface area contributed by atoms with Gasteiger partial charge in [0.1, 0.15) is 5.01 Å². The molecule has 2 unspecified atom stereocenters. The van der Waals surface area contributed by atoms with Crippen molar-refractivity contribution in [1.82, 2.24) is 10.3 Å². The van der Waals surface area contributed by atoms with Crippen molar-refractivity contribution in [3.05, 3.63) is 15.6 Å². The Kier molecular flexibility index (Phi) is 5.48. The standard InChI is InChI=1S/C13H22N2OS2/c1-9-10(2)18-13(15-9)12(14-5-6-16-3)11-4-7-17-8-11/h11-12,14H,4-8H2,1-3H3. The van der Waals surface area contributed by atoms with Crippen molar-refractivity contribution in [2.45, 2.75) is 26.3 Å². The molecule has 0 aromatic carbocycles. The molecule has 2 atom stereocenters. The average molecular weight is 286 g/mol. The lowest BCUT2D eigenvalue weighted by molar-refractivity contribution is 0.191. The number of thioether (sulfide) groups is 1. The highest BCUT2D eigenvalue weighted by atomic mass is 32.2. The van der Waals surface area contributed by atoms with Gasteiger partial charge in [-0.3, -0.25) is 0 Å². The molecule has 2 rings (SSSR count). The molecule has 1 fully saturated rings. The number of methoxy groups -OCH3 is 1. The summed E-state index contributed by atoms with van der Waals surface area (Å²) >= 11 is 3.90. The first-order valence-electron chi connectivity index (χ1n) is 6.46. The molecule has 3 nitrogen and oxygen atoms in total. The number of ether oxygens (including phenoxy) is 1. The van der Waals surface area contributed by atoms with E-state index in [4.69, 9.17) is 9.72 Å². The normalized spacial score (nSPS) is 21.4. The summed E-state index contributed by atoms with van der Waals surface area (Å²) in [4.78, 5) is 6.08. The fourth-order valence-corrected chi connectivity index (χ4v) is 4.61. The number of thiazole rings is 1. The molecule has 102 valence electrons. The first-order chi connectivity index (χ1) is 8.72. The molecule has 1 aliphatic rings. The number of hydrogen-bond donors (Lipinski definition) is 1. The molecule has 1 aliphatic heterocycles. The largest absolute Gasteiger partial charge is 0.383 e. The molecule has 0 amide bonds. The molecule has 0 spiro atoms. The second kappa shape index (κ2) is 6.89. The topological polar surface area (TPSA) is 34.1 Å². The van der Waals surface area contributed by atoms with Gasteiger partial charge in [-0.1, -0.05) is 0 Å². The van der Waals surface area contributed by atoms with Crippen molar-refractivity contribution >= 4 is 23.1 Å². The van der Waals surface area contributed by atoms with Crippen LogP contribution in [0.4, 0.5) is 0 Å². The number of aryl methyl sites for hydroxylation is 2. The number of nitrogens with one attached hydrogen (secondary N) is 1. The third-order valence-corrected chi connectivity index (χ3v) is 5.76. The van der Waals surface area contributed by atoms with Crippen LogP contribution in [0.15, 0.2) is 0 Å². The summed E-state index contributed by atoms with van der Waals surface area (Å²) in [6, 6.07) is 0.410. The van der Waals surface area contributed by atoms with Gasteiger partial charge in [0.25, 0.3) is 0 Å². The molecule has 1 N–H and O–H groups in total. The van der Waals surface area contributed by atoms with Crippen LogP contribution in [0, 0.1) is 19.8 Å². The van der Waals surface area contributed by atoms with E-state index in [1.165, 1.54) is 33.5 Å². The monoisotopic (exact) mass is 286 g/mol. The summed E-state index contributed by atoms with van der Waals surface area (Å²) in [5.41, 5.74) is 1.18. The van der Waals surface area contributed by atoms with Crippen LogP contribution in [0.3, 0.4) is 0 Å². The Hall–Kier alpha value is -0.100. The van der Waals surface area contributed by atoms with Crippen LogP contribution in [0.5, 0.6) is 0 Å². The van der Waals surface area contributed by atoms with Gasteiger partial charge < -0.3 is 10.1 Å². The zero-order valence-electron chi connectivity index (χ0n) is 11.4. The fourth-order valence-electron chi connectivity index (χ4n) is 2.22. The van der Waals surface area contributed by atoms with Crippen molar-refractivity contribution in [2.75, 3.05) is 31.8 Å². The molecule has 1 aromatic heterocycles.